The summed E-state index contributed by atoms with van der Waals surface area (Å²) in [6.45, 7) is 1.24. The van der Waals surface area contributed by atoms with E-state index in [1.54, 1.807) is 0 Å². The molecule has 0 aliphatic carbocycles. The van der Waals surface area contributed by atoms with Crippen molar-refractivity contribution in [3.63, 3.8) is 0 Å². The number of H-pyrrole nitrogens is 2. The molecule has 2 heterocycles. The Kier molecular flexibility index (Phi) is 3.20. The van der Waals surface area contributed by atoms with E-state index in [1.807, 2.05) is 12.1 Å². The Morgan fingerprint density at radius 3 is 2.93 bits per heavy atom. The number of nitrogens with zero attached hydrogens (tertiary/aromatic N) is 1. The maximum Gasteiger partial charge on any atom is 0.340 e. The molecular weight excluding hydrogens is 236 g/mol. The average Bonchev–Trinajstić information content (AvgIpc) is 2.76. The smallest absolute Gasteiger partial charge is 0.305 e. The number of nitrogens with one attached hydrogen (secondary N) is 3. The largest absolute Gasteiger partial charge is 0.340 e. The monoisotopic (exact) mass is 244 g/mol. The summed E-state index contributed by atoms with van der Waals surface area (Å²) < 4.78 is 0.778. The zero-order valence-electron chi connectivity index (χ0n) is 7.71. The average molecular weight is 245 g/mol. The summed E-state index contributed by atoms with van der Waals surface area (Å²) in [7, 11) is 0. The highest BCUT2D eigenvalue weighted by Gasteiger charge is 1.99. The third-order valence-electron chi connectivity index (χ3n) is 1.77. The Morgan fingerprint density at radius 1 is 1.47 bits per heavy atom. The van der Waals surface area contributed by atoms with Crippen molar-refractivity contribution in [2.24, 2.45) is 0 Å². The van der Waals surface area contributed by atoms with Gasteiger partial charge in [-0.05, 0) is 12.1 Å². The van der Waals surface area contributed by atoms with E-state index < -0.39 is 0 Å². The van der Waals surface area contributed by atoms with Crippen LogP contribution in [0.1, 0.15) is 10.7 Å². The van der Waals surface area contributed by atoms with Gasteiger partial charge in [0.05, 0.1) is 10.9 Å². The van der Waals surface area contributed by atoms with E-state index in [0.717, 1.165) is 9.21 Å². The van der Waals surface area contributed by atoms with E-state index in [0.29, 0.717) is 18.9 Å². The molecule has 5 nitrogen and oxygen atoms in total. The Balaban J connectivity index is 1.82. The second kappa shape index (κ2) is 4.61. The second-order valence-electron chi connectivity index (χ2n) is 2.93. The molecule has 0 aromatic carbocycles. The van der Waals surface area contributed by atoms with Crippen LogP contribution in [0.4, 0.5) is 0 Å². The van der Waals surface area contributed by atoms with Crippen molar-refractivity contribution in [1.82, 2.24) is 20.5 Å². The van der Waals surface area contributed by atoms with Gasteiger partial charge in [0.25, 0.3) is 0 Å². The van der Waals surface area contributed by atoms with Gasteiger partial charge in [-0.1, -0.05) is 11.6 Å². The van der Waals surface area contributed by atoms with Crippen molar-refractivity contribution in [2.75, 3.05) is 0 Å². The molecule has 80 valence electrons. The second-order valence-corrected chi connectivity index (χ2v) is 4.73. The summed E-state index contributed by atoms with van der Waals surface area (Å²) in [6, 6.07) is 3.83. The highest BCUT2D eigenvalue weighted by atomic mass is 35.5. The van der Waals surface area contributed by atoms with Gasteiger partial charge in [0.15, 0.2) is 0 Å². The lowest BCUT2D eigenvalue weighted by Gasteiger charge is -1.98. The lowest BCUT2D eigenvalue weighted by Crippen LogP contribution is -2.13. The molecule has 0 atom stereocenters. The van der Waals surface area contributed by atoms with Crippen LogP contribution in [0, 0.1) is 0 Å². The molecule has 0 unspecified atom stereocenters. The van der Waals surface area contributed by atoms with Gasteiger partial charge < -0.3 is 5.32 Å². The first kappa shape index (κ1) is 10.4. The lowest BCUT2D eigenvalue weighted by molar-refractivity contribution is 0.671. The SMILES string of the molecule is O=c1[nH]nc(CNCc2ccc(Cl)s2)[nH]1. The summed E-state index contributed by atoms with van der Waals surface area (Å²) >= 11 is 7.32. The van der Waals surface area contributed by atoms with Crippen molar-refractivity contribution in [2.45, 2.75) is 13.1 Å². The maximum absolute atomic E-state index is 10.7. The zero-order chi connectivity index (χ0) is 10.7. The van der Waals surface area contributed by atoms with Crippen LogP contribution in [-0.4, -0.2) is 15.2 Å². The minimum Gasteiger partial charge on any atom is -0.305 e. The molecule has 0 radical (unpaired) electrons. The molecule has 2 aromatic rings. The van der Waals surface area contributed by atoms with E-state index in [-0.39, 0.29) is 5.69 Å². The highest BCUT2D eigenvalue weighted by molar-refractivity contribution is 7.16. The molecule has 2 aromatic heterocycles. The molecule has 3 N–H and O–H groups in total. The zero-order valence-corrected chi connectivity index (χ0v) is 9.28. The topological polar surface area (TPSA) is 73.6 Å². The number of thiophene rings is 1. The first-order valence-corrected chi connectivity index (χ1v) is 5.52. The van der Waals surface area contributed by atoms with Crippen LogP contribution < -0.4 is 11.0 Å². The summed E-state index contributed by atoms with van der Waals surface area (Å²) in [6.07, 6.45) is 0. The number of aromatic amines is 2. The van der Waals surface area contributed by atoms with Crippen molar-refractivity contribution in [1.29, 1.82) is 0 Å². The maximum atomic E-state index is 10.7. The number of halogens is 1. The molecule has 0 bridgehead atoms. The van der Waals surface area contributed by atoms with Gasteiger partial charge in [-0.2, -0.15) is 5.10 Å². The van der Waals surface area contributed by atoms with Gasteiger partial charge in [0.2, 0.25) is 0 Å². The van der Waals surface area contributed by atoms with Gasteiger partial charge in [0, 0.05) is 11.4 Å². The fourth-order valence-electron chi connectivity index (χ4n) is 1.14. The van der Waals surface area contributed by atoms with E-state index in [1.165, 1.54) is 11.3 Å². The van der Waals surface area contributed by atoms with Crippen LogP contribution in [0.2, 0.25) is 4.34 Å². The van der Waals surface area contributed by atoms with Crippen LogP contribution in [0.15, 0.2) is 16.9 Å². The van der Waals surface area contributed by atoms with Crippen LogP contribution in [0.3, 0.4) is 0 Å². The third-order valence-corrected chi connectivity index (χ3v) is 3.00. The molecule has 0 fully saturated rings. The number of hydrogen-bond donors (Lipinski definition) is 3. The number of aromatic nitrogens is 3. The van der Waals surface area contributed by atoms with Gasteiger partial charge >= 0.3 is 5.69 Å². The van der Waals surface area contributed by atoms with E-state index in [4.69, 9.17) is 11.6 Å². The molecule has 0 aliphatic rings. The first-order chi connectivity index (χ1) is 7.24. The van der Waals surface area contributed by atoms with Crippen molar-refractivity contribution >= 4 is 22.9 Å². The summed E-state index contributed by atoms with van der Waals surface area (Å²) in [5.74, 6) is 0.600. The fourth-order valence-corrected chi connectivity index (χ4v) is 2.20. The molecule has 0 saturated carbocycles. The summed E-state index contributed by atoms with van der Waals surface area (Å²) in [5.41, 5.74) is -0.286. The van der Waals surface area contributed by atoms with Crippen LogP contribution in [-0.2, 0) is 13.1 Å². The lowest BCUT2D eigenvalue weighted by atomic mass is 10.4. The summed E-state index contributed by atoms with van der Waals surface area (Å²) in [5, 5.41) is 9.22. The Morgan fingerprint density at radius 2 is 2.33 bits per heavy atom. The van der Waals surface area contributed by atoms with Crippen molar-refractivity contribution in [3.8, 4) is 0 Å². The van der Waals surface area contributed by atoms with Gasteiger partial charge in [0.1, 0.15) is 5.82 Å². The third kappa shape index (κ3) is 2.92. The minimum absolute atomic E-state index is 0.286. The number of rotatable bonds is 4. The molecule has 0 spiro atoms. The molecular formula is C8H9ClN4OS. The quantitative estimate of drug-likeness (QED) is 0.754. The molecule has 15 heavy (non-hydrogen) atoms. The molecule has 7 heteroatoms. The Labute approximate surface area is 94.5 Å². The molecule has 0 aliphatic heterocycles. The number of hydrogen-bond acceptors (Lipinski definition) is 4. The molecule has 0 amide bonds. The van der Waals surface area contributed by atoms with Crippen LogP contribution >= 0.6 is 22.9 Å². The van der Waals surface area contributed by atoms with Gasteiger partial charge in [-0.25, -0.2) is 9.89 Å². The minimum atomic E-state index is -0.286. The first-order valence-electron chi connectivity index (χ1n) is 4.32. The van der Waals surface area contributed by atoms with E-state index in [2.05, 4.69) is 20.5 Å². The van der Waals surface area contributed by atoms with Crippen LogP contribution in [0.5, 0.6) is 0 Å². The molecule has 0 saturated heterocycles. The Bertz CT molecular complexity index is 489. The van der Waals surface area contributed by atoms with Crippen molar-refractivity contribution in [3.05, 3.63) is 37.7 Å². The summed E-state index contributed by atoms with van der Waals surface area (Å²) in [4.78, 5) is 14.4. The van der Waals surface area contributed by atoms with Crippen LogP contribution in [0.25, 0.3) is 0 Å². The predicted octanol–water partition coefficient (Wildman–Crippen LogP) is 1.10. The van der Waals surface area contributed by atoms with E-state index in [9.17, 15) is 4.79 Å². The Hall–Kier alpha value is -1.11. The van der Waals surface area contributed by atoms with E-state index >= 15 is 0 Å². The van der Waals surface area contributed by atoms with Gasteiger partial charge in [-0.3, -0.25) is 4.98 Å². The fraction of sp³-hybridized carbons (Fsp3) is 0.250. The van der Waals surface area contributed by atoms with Gasteiger partial charge in [-0.15, -0.1) is 11.3 Å². The highest BCUT2D eigenvalue weighted by Crippen LogP contribution is 2.20. The standard InChI is InChI=1S/C8H9ClN4OS/c9-6-2-1-5(15-6)3-10-4-7-11-8(14)13-12-7/h1-2,10H,3-4H2,(H2,11,12,13,14). The molecule has 2 rings (SSSR count). The predicted molar refractivity (Wildman–Crippen MR) is 59.1 cm³/mol. The normalized spacial score (nSPS) is 10.7. The van der Waals surface area contributed by atoms with Crippen molar-refractivity contribution < 1.29 is 0 Å².